The number of nitriles is 6. The second-order valence-corrected chi connectivity index (χ2v) is 17.4. The fourth-order valence-electron chi connectivity index (χ4n) is 4.26. The summed E-state index contributed by atoms with van der Waals surface area (Å²) < 4.78 is 29.2. The van der Waals surface area contributed by atoms with Crippen LogP contribution in [0.4, 0.5) is 0 Å². The predicted molar refractivity (Wildman–Crippen MR) is 299 cm³/mol. The Morgan fingerprint density at radius 3 is 0.756 bits per heavy atom. The van der Waals surface area contributed by atoms with E-state index in [2.05, 4.69) is 0 Å². The third kappa shape index (κ3) is 53.0. The molecule has 0 N–H and O–H groups in total. The molecule has 0 saturated heterocycles. The van der Waals surface area contributed by atoms with E-state index in [0.29, 0.717) is 70.2 Å². The normalized spacial score (nSPS) is 10.9. The molecule has 78 heavy (non-hydrogen) atoms. The fourth-order valence-corrected chi connectivity index (χ4v) is 4.26. The van der Waals surface area contributed by atoms with Crippen LogP contribution in [0.3, 0.4) is 0 Å². The molecule has 432 valence electrons. The van der Waals surface area contributed by atoms with Gasteiger partial charge in [-0.3, -0.25) is 0 Å². The molecule has 0 aliphatic heterocycles. The molecule has 0 atom stereocenters. The zero-order chi connectivity index (χ0) is 61.1. The van der Waals surface area contributed by atoms with Crippen molar-refractivity contribution in [3.63, 3.8) is 0 Å². The molecule has 0 aromatic rings. The van der Waals surface area contributed by atoms with Gasteiger partial charge < -0.3 is 28.4 Å². The highest BCUT2D eigenvalue weighted by molar-refractivity contribution is 5.94. The zero-order valence-corrected chi connectivity index (χ0v) is 49.5. The molecular formula is C60H90N6O12. The summed E-state index contributed by atoms with van der Waals surface area (Å²) in [6.07, 6.45) is 19.4. The van der Waals surface area contributed by atoms with Crippen LogP contribution in [0.15, 0.2) is 69.9 Å². The van der Waals surface area contributed by atoms with Gasteiger partial charge in [0.2, 0.25) is 0 Å². The van der Waals surface area contributed by atoms with E-state index in [9.17, 15) is 28.8 Å². The predicted octanol–water partition coefficient (Wildman–Crippen LogP) is 12.7. The largest absolute Gasteiger partial charge is 0.462 e. The average molecular weight is 1090 g/mol. The molecule has 0 unspecified atom stereocenters. The number of carbonyl (C=O) groups is 6. The van der Waals surface area contributed by atoms with Gasteiger partial charge in [0, 0.05) is 0 Å². The van der Waals surface area contributed by atoms with Crippen LogP contribution >= 0.6 is 0 Å². The van der Waals surface area contributed by atoms with Crippen LogP contribution in [-0.4, -0.2) is 75.5 Å². The highest BCUT2D eigenvalue weighted by Crippen LogP contribution is 2.06. The molecule has 0 radical (unpaired) electrons. The molecule has 0 aromatic heterocycles. The first kappa shape index (κ1) is 81.6. The summed E-state index contributed by atoms with van der Waals surface area (Å²) in [5, 5.41) is 51.3. The molecule has 0 aromatic carbocycles. The molecular weight excluding hydrogens is 997 g/mol. The minimum absolute atomic E-state index is 0.0654. The van der Waals surface area contributed by atoms with Crippen molar-refractivity contribution in [1.29, 1.82) is 31.6 Å². The third-order valence-corrected chi connectivity index (χ3v) is 8.55. The van der Waals surface area contributed by atoms with Crippen LogP contribution in [0.25, 0.3) is 0 Å². The maximum absolute atomic E-state index is 11.3. The van der Waals surface area contributed by atoms with Gasteiger partial charge in [0.1, 0.15) is 69.9 Å². The van der Waals surface area contributed by atoms with E-state index in [1.54, 1.807) is 50.3 Å². The molecule has 0 amide bonds. The molecule has 0 rings (SSSR count). The minimum Gasteiger partial charge on any atom is -0.462 e. The summed E-state index contributed by atoms with van der Waals surface area (Å²) in [5.41, 5.74) is 0.596. The van der Waals surface area contributed by atoms with Crippen molar-refractivity contribution < 1.29 is 57.2 Å². The van der Waals surface area contributed by atoms with Gasteiger partial charge in [0.05, 0.1) is 39.6 Å². The second-order valence-electron chi connectivity index (χ2n) is 17.4. The first-order valence-corrected chi connectivity index (χ1v) is 26.7. The van der Waals surface area contributed by atoms with Gasteiger partial charge in [-0.1, -0.05) is 159 Å². The number of allylic oxidation sites excluding steroid dienone is 6. The Balaban J connectivity index is -0.000000200. The molecule has 0 aliphatic carbocycles. The van der Waals surface area contributed by atoms with E-state index < -0.39 is 35.8 Å². The summed E-state index contributed by atoms with van der Waals surface area (Å²) in [6.45, 7) is 31.0. The topological polar surface area (TPSA) is 301 Å². The lowest BCUT2D eigenvalue weighted by molar-refractivity contribution is -0.140. The Morgan fingerprint density at radius 1 is 0.346 bits per heavy atom. The maximum atomic E-state index is 11.3. The highest BCUT2D eigenvalue weighted by Gasteiger charge is 2.13. The second kappa shape index (κ2) is 60.1. The number of hydrogen-bond acceptors (Lipinski definition) is 18. The van der Waals surface area contributed by atoms with Crippen molar-refractivity contribution in [3.8, 4) is 36.4 Å². The molecule has 0 fully saturated rings. The molecule has 18 heteroatoms. The zero-order valence-electron chi connectivity index (χ0n) is 49.5. The lowest BCUT2D eigenvalue weighted by atomic mass is 10.2. The number of rotatable bonds is 27. The Bertz CT molecular complexity index is 2180. The molecule has 0 bridgehead atoms. The lowest BCUT2D eigenvalue weighted by Crippen LogP contribution is -2.11. The first-order valence-electron chi connectivity index (χ1n) is 26.7. The highest BCUT2D eigenvalue weighted by atomic mass is 16.6. The fraction of sp³-hybridized carbons (Fsp3) is 0.600. The Hall–Kier alpha value is -7.80. The Morgan fingerprint density at radius 2 is 0.564 bits per heavy atom. The molecule has 0 heterocycles. The summed E-state index contributed by atoms with van der Waals surface area (Å²) in [5.74, 6) is -2.18. The average Bonchev–Trinajstić information content (AvgIpc) is 3.42. The van der Waals surface area contributed by atoms with Gasteiger partial charge in [-0.25, -0.2) is 28.8 Å². The monoisotopic (exact) mass is 1090 g/mol. The standard InChI is InChI=1S/2C11H17NO2.2C10H15NO2.2C9H13NO2/c1-4-5-6-10(7-12)11(13)14-8-9(2)3;1-3-5-7-10(9-12)11(13)14-8-6-4-2;1-4-5-9(6-11)10(12)13-7-8(2)3;1-3-5-7-13-10(12)9(8-11)6-4-2;1-4-8(5-10)9(11)12-6-7(2)3;1-3-5-6-12-9(11)8(4-2)7-10/h6,9H,4-5,8H2,1-3H3;7H,3-6,8H2,1-2H3;5,8H,4,7H2,1-3H3;6H,3-5,7H2,1-2H3;4,7H,6H2,1-3H3;4H,3,5-6H2,1-2H3. The van der Waals surface area contributed by atoms with Crippen LogP contribution in [0.2, 0.25) is 0 Å². The van der Waals surface area contributed by atoms with E-state index >= 15 is 0 Å². The summed E-state index contributed by atoms with van der Waals surface area (Å²) in [7, 11) is 0. The Labute approximate surface area is 467 Å². The number of unbranched alkanes of at least 4 members (excludes halogenated alkanes) is 5. The number of carbonyl (C=O) groups excluding carboxylic acids is 6. The Kier molecular flexibility index (Phi) is 62.8. The number of nitrogens with zero attached hydrogens (tertiary/aromatic N) is 6. The first-order chi connectivity index (χ1) is 37.1. The quantitative estimate of drug-likeness (QED) is 0.0243. The van der Waals surface area contributed by atoms with Gasteiger partial charge in [-0.15, -0.1) is 0 Å². The van der Waals surface area contributed by atoms with E-state index in [-0.39, 0.29) is 33.4 Å². The van der Waals surface area contributed by atoms with Gasteiger partial charge in [-0.05, 0) is 76.5 Å². The van der Waals surface area contributed by atoms with Gasteiger partial charge in [0.25, 0.3) is 0 Å². The maximum Gasteiger partial charge on any atom is 0.348 e. The van der Waals surface area contributed by atoms with E-state index in [0.717, 1.165) is 64.2 Å². The molecule has 0 aliphatic rings. The van der Waals surface area contributed by atoms with Gasteiger partial charge in [0.15, 0.2) is 0 Å². The van der Waals surface area contributed by atoms with E-state index in [4.69, 9.17) is 60.0 Å². The van der Waals surface area contributed by atoms with Crippen LogP contribution in [0.1, 0.15) is 181 Å². The molecule has 0 spiro atoms. The number of hydrogen-bond donors (Lipinski definition) is 0. The summed E-state index contributed by atoms with van der Waals surface area (Å²) in [6, 6.07) is 10.9. The summed E-state index contributed by atoms with van der Waals surface area (Å²) >= 11 is 0. The van der Waals surface area contributed by atoms with Gasteiger partial charge >= 0.3 is 35.8 Å². The number of esters is 6. The van der Waals surface area contributed by atoms with Crippen molar-refractivity contribution in [2.24, 2.45) is 17.8 Å². The minimum atomic E-state index is -0.534. The van der Waals surface area contributed by atoms with E-state index in [1.807, 2.05) is 114 Å². The lowest BCUT2D eigenvalue weighted by Gasteiger charge is -2.05. The smallest absolute Gasteiger partial charge is 0.348 e. The molecule has 18 nitrogen and oxygen atoms in total. The van der Waals surface area contributed by atoms with Crippen LogP contribution < -0.4 is 0 Å². The van der Waals surface area contributed by atoms with Crippen LogP contribution in [0, 0.1) is 85.7 Å². The SMILES string of the molecule is CC=C(C#N)C(=O)OCC(C)C.CC=C(C#N)C(=O)OCCCC.CCC=C(C#N)C(=O)OCC(C)C.CCC=C(C#N)C(=O)OCCCC.CCCC=C(C#N)C(=O)OCC(C)C.CCCC=C(C#N)C(=O)OCCCC. The van der Waals surface area contributed by atoms with Gasteiger partial charge in [-0.2, -0.15) is 31.6 Å². The van der Waals surface area contributed by atoms with Crippen molar-refractivity contribution >= 4 is 35.8 Å². The van der Waals surface area contributed by atoms with Crippen molar-refractivity contribution in [2.45, 2.75) is 181 Å². The van der Waals surface area contributed by atoms with Crippen molar-refractivity contribution in [1.82, 2.24) is 0 Å². The summed E-state index contributed by atoms with van der Waals surface area (Å²) in [4.78, 5) is 66.8. The van der Waals surface area contributed by atoms with Crippen LogP contribution in [0.5, 0.6) is 0 Å². The molecule has 0 saturated carbocycles. The van der Waals surface area contributed by atoms with Crippen LogP contribution in [-0.2, 0) is 57.2 Å². The van der Waals surface area contributed by atoms with Crippen molar-refractivity contribution in [3.05, 3.63) is 69.9 Å². The number of ether oxygens (including phenoxy) is 6. The third-order valence-electron chi connectivity index (χ3n) is 8.55. The van der Waals surface area contributed by atoms with Crippen molar-refractivity contribution in [2.75, 3.05) is 39.6 Å². The van der Waals surface area contributed by atoms with E-state index in [1.165, 1.54) is 12.2 Å².